The Morgan fingerprint density at radius 3 is 2.67 bits per heavy atom. The molecule has 0 heterocycles. The highest BCUT2D eigenvalue weighted by Gasteiger charge is 2.24. The molecule has 1 aliphatic rings. The molecule has 0 bridgehead atoms. The molecule has 0 aromatic carbocycles. The van der Waals surface area contributed by atoms with Crippen molar-refractivity contribution in [1.82, 2.24) is 0 Å². The zero-order chi connectivity index (χ0) is 6.91. The summed E-state index contributed by atoms with van der Waals surface area (Å²) in [7, 11) is 0. The minimum atomic E-state index is -0.214. The van der Waals surface area contributed by atoms with Crippen LogP contribution in [0.2, 0.25) is 0 Å². The van der Waals surface area contributed by atoms with Crippen molar-refractivity contribution in [2.24, 2.45) is 5.92 Å². The molecule has 0 fully saturated rings. The Kier molecular flexibility index (Phi) is 1.67. The Bertz CT molecular complexity index is 154. The molecule has 0 nitrogen and oxygen atoms in total. The Morgan fingerprint density at radius 2 is 2.33 bits per heavy atom. The van der Waals surface area contributed by atoms with Gasteiger partial charge in [0.15, 0.2) is 0 Å². The molecule has 0 saturated carbocycles. The van der Waals surface area contributed by atoms with Crippen molar-refractivity contribution in [3.63, 3.8) is 0 Å². The van der Waals surface area contributed by atoms with Crippen molar-refractivity contribution >= 4 is 11.6 Å². The van der Waals surface area contributed by atoms with Crippen LogP contribution < -0.4 is 0 Å². The molecule has 1 heteroatoms. The van der Waals surface area contributed by atoms with Gasteiger partial charge in [0, 0.05) is 5.92 Å². The van der Waals surface area contributed by atoms with Crippen LogP contribution >= 0.6 is 11.6 Å². The number of rotatable bonds is 0. The lowest BCUT2D eigenvalue weighted by atomic mass is 9.91. The molecule has 0 aliphatic heterocycles. The predicted molar refractivity (Wildman–Crippen MR) is 40.4 cm³/mol. The molecule has 49 valence electrons. The summed E-state index contributed by atoms with van der Waals surface area (Å²) >= 11 is 6.05. The summed E-state index contributed by atoms with van der Waals surface area (Å²) in [4.78, 5) is -0.214. The molecular formula is C8H10Cl. The van der Waals surface area contributed by atoms with E-state index in [-0.39, 0.29) is 4.87 Å². The summed E-state index contributed by atoms with van der Waals surface area (Å²) in [5.74, 6) is 0.323. The van der Waals surface area contributed by atoms with E-state index in [4.69, 9.17) is 11.6 Å². The van der Waals surface area contributed by atoms with Crippen LogP contribution in [0.5, 0.6) is 0 Å². The van der Waals surface area contributed by atoms with E-state index >= 15 is 0 Å². The summed E-state index contributed by atoms with van der Waals surface area (Å²) in [6.45, 7) is 4.06. The van der Waals surface area contributed by atoms with Crippen LogP contribution in [0.4, 0.5) is 0 Å². The summed E-state index contributed by atoms with van der Waals surface area (Å²) in [5, 5.41) is 0. The molecule has 0 amide bonds. The van der Waals surface area contributed by atoms with Crippen molar-refractivity contribution < 1.29 is 0 Å². The van der Waals surface area contributed by atoms with Crippen molar-refractivity contribution in [3.05, 3.63) is 24.3 Å². The standard InChI is InChI=1S/C8H10Cl/c1-7-5-3-4-6-8(7,2)9/h3-4,6-7H,1-2H3. The highest BCUT2D eigenvalue weighted by Crippen LogP contribution is 2.29. The van der Waals surface area contributed by atoms with Gasteiger partial charge in [-0.3, -0.25) is 0 Å². The van der Waals surface area contributed by atoms with Crippen molar-refractivity contribution in [3.8, 4) is 0 Å². The maximum atomic E-state index is 6.05. The van der Waals surface area contributed by atoms with Gasteiger partial charge < -0.3 is 0 Å². The largest absolute Gasteiger partial charge is 0.114 e. The van der Waals surface area contributed by atoms with Gasteiger partial charge in [-0.1, -0.05) is 25.2 Å². The third-order valence-corrected chi connectivity index (χ3v) is 2.16. The first-order chi connectivity index (χ1) is 4.13. The summed E-state index contributed by atoms with van der Waals surface area (Å²) < 4.78 is 0. The highest BCUT2D eigenvalue weighted by atomic mass is 35.5. The predicted octanol–water partition coefficient (Wildman–Crippen LogP) is 2.55. The van der Waals surface area contributed by atoms with Crippen LogP contribution in [-0.2, 0) is 0 Å². The Morgan fingerprint density at radius 1 is 1.67 bits per heavy atom. The topological polar surface area (TPSA) is 0 Å². The van der Waals surface area contributed by atoms with Gasteiger partial charge in [-0.05, 0) is 13.0 Å². The lowest BCUT2D eigenvalue weighted by Gasteiger charge is -2.24. The molecule has 1 aliphatic carbocycles. The van der Waals surface area contributed by atoms with E-state index in [1.165, 1.54) is 0 Å². The zero-order valence-corrected chi connectivity index (χ0v) is 6.44. The first-order valence-corrected chi connectivity index (χ1v) is 3.47. The number of hydrogen-bond donors (Lipinski definition) is 0. The molecule has 1 radical (unpaired) electrons. The summed E-state index contributed by atoms with van der Waals surface area (Å²) in [6, 6.07) is 0. The van der Waals surface area contributed by atoms with E-state index < -0.39 is 0 Å². The van der Waals surface area contributed by atoms with Crippen LogP contribution in [0.1, 0.15) is 13.8 Å². The molecule has 9 heavy (non-hydrogen) atoms. The van der Waals surface area contributed by atoms with Gasteiger partial charge in [0.1, 0.15) is 0 Å². The molecule has 0 aromatic heterocycles. The number of alkyl halides is 1. The maximum Gasteiger partial charge on any atom is 0.0666 e. The third-order valence-electron chi connectivity index (χ3n) is 1.71. The second-order valence-corrected chi connectivity index (χ2v) is 3.38. The fraction of sp³-hybridized carbons (Fsp3) is 0.500. The van der Waals surface area contributed by atoms with Crippen LogP contribution in [0.15, 0.2) is 18.2 Å². The third kappa shape index (κ3) is 1.36. The monoisotopic (exact) mass is 141 g/mol. The quantitative estimate of drug-likeness (QED) is 0.455. The van der Waals surface area contributed by atoms with Crippen LogP contribution in [0.3, 0.4) is 0 Å². The zero-order valence-electron chi connectivity index (χ0n) is 5.69. The van der Waals surface area contributed by atoms with E-state index in [0.717, 1.165) is 0 Å². The van der Waals surface area contributed by atoms with E-state index in [2.05, 4.69) is 13.0 Å². The summed E-state index contributed by atoms with van der Waals surface area (Å²) in [5.41, 5.74) is 0. The van der Waals surface area contributed by atoms with E-state index in [0.29, 0.717) is 5.92 Å². The van der Waals surface area contributed by atoms with Crippen molar-refractivity contribution in [2.75, 3.05) is 0 Å². The number of allylic oxidation sites excluding steroid dienone is 4. The van der Waals surface area contributed by atoms with Gasteiger partial charge in [-0.25, -0.2) is 0 Å². The van der Waals surface area contributed by atoms with Gasteiger partial charge in [0.2, 0.25) is 0 Å². The SMILES string of the molecule is CC1[C]=CC=CC1(C)Cl. The molecule has 1 rings (SSSR count). The van der Waals surface area contributed by atoms with Crippen LogP contribution in [-0.4, -0.2) is 4.87 Å². The van der Waals surface area contributed by atoms with E-state index in [9.17, 15) is 0 Å². The summed E-state index contributed by atoms with van der Waals surface area (Å²) in [6.07, 6.45) is 8.97. The van der Waals surface area contributed by atoms with Gasteiger partial charge >= 0.3 is 0 Å². The fourth-order valence-corrected chi connectivity index (χ4v) is 0.879. The lowest BCUT2D eigenvalue weighted by Crippen LogP contribution is -2.23. The van der Waals surface area contributed by atoms with Crippen molar-refractivity contribution in [1.29, 1.82) is 0 Å². The van der Waals surface area contributed by atoms with Gasteiger partial charge in [-0.2, -0.15) is 0 Å². The second kappa shape index (κ2) is 2.18. The van der Waals surface area contributed by atoms with Crippen LogP contribution in [0.25, 0.3) is 0 Å². The first kappa shape index (κ1) is 6.88. The molecule has 0 N–H and O–H groups in total. The number of halogens is 1. The lowest BCUT2D eigenvalue weighted by molar-refractivity contribution is 0.574. The Balaban J connectivity index is 2.78. The molecule has 2 atom stereocenters. The molecule has 0 saturated heterocycles. The maximum absolute atomic E-state index is 6.05. The average Bonchev–Trinajstić information content (AvgIpc) is 1.77. The van der Waals surface area contributed by atoms with Gasteiger partial charge in [-0.15, -0.1) is 11.6 Å². The minimum absolute atomic E-state index is 0.214. The van der Waals surface area contributed by atoms with Gasteiger partial charge in [0.25, 0.3) is 0 Å². The Labute approximate surface area is 61.2 Å². The molecule has 0 aromatic rings. The van der Waals surface area contributed by atoms with Crippen molar-refractivity contribution in [2.45, 2.75) is 18.7 Å². The minimum Gasteiger partial charge on any atom is -0.114 e. The van der Waals surface area contributed by atoms with Gasteiger partial charge in [0.05, 0.1) is 4.87 Å². The van der Waals surface area contributed by atoms with E-state index in [1.807, 2.05) is 25.2 Å². The second-order valence-electron chi connectivity index (χ2n) is 2.57. The normalized spacial score (nSPS) is 41.4. The smallest absolute Gasteiger partial charge is 0.0666 e. The number of hydrogen-bond acceptors (Lipinski definition) is 0. The molecular weight excluding hydrogens is 132 g/mol. The van der Waals surface area contributed by atoms with Crippen LogP contribution in [0, 0.1) is 12.0 Å². The fourth-order valence-electron chi connectivity index (χ4n) is 0.743. The van der Waals surface area contributed by atoms with E-state index in [1.54, 1.807) is 0 Å². The molecule has 2 unspecified atom stereocenters. The Hall–Kier alpha value is -0.230. The first-order valence-electron chi connectivity index (χ1n) is 3.09. The molecule has 0 spiro atoms. The average molecular weight is 142 g/mol. The highest BCUT2D eigenvalue weighted by molar-refractivity contribution is 6.25.